The predicted octanol–water partition coefficient (Wildman–Crippen LogP) is 4.42. The van der Waals surface area contributed by atoms with E-state index in [1.165, 1.54) is 50.1 Å². The van der Waals surface area contributed by atoms with Crippen LogP contribution in [0.5, 0.6) is 0 Å². The van der Waals surface area contributed by atoms with Gasteiger partial charge in [-0.3, -0.25) is 9.80 Å². The van der Waals surface area contributed by atoms with E-state index in [2.05, 4.69) is 23.3 Å². The standard InChI is InChI=1S/C21H30ClF2N3/c1-16(2)15-26-9-6-17(7-10-26)5-8-25-11-13-27(14-12-25)19-4-3-18(23)20(22)21(19)24/h3-4,17H,1,5-15H2,2H3. The summed E-state index contributed by atoms with van der Waals surface area (Å²) in [5.41, 5.74) is 1.65. The summed E-state index contributed by atoms with van der Waals surface area (Å²) in [6.07, 6.45) is 3.77. The van der Waals surface area contributed by atoms with E-state index >= 15 is 0 Å². The lowest BCUT2D eigenvalue weighted by Crippen LogP contribution is -2.47. The van der Waals surface area contributed by atoms with Crippen LogP contribution in [0.4, 0.5) is 14.5 Å². The van der Waals surface area contributed by atoms with E-state index in [1.54, 1.807) is 0 Å². The Balaban J connectivity index is 1.40. The van der Waals surface area contributed by atoms with Crippen molar-refractivity contribution in [3.63, 3.8) is 0 Å². The van der Waals surface area contributed by atoms with E-state index in [1.807, 2.05) is 4.90 Å². The molecular weight excluding hydrogens is 368 g/mol. The lowest BCUT2D eigenvalue weighted by atomic mass is 9.93. The van der Waals surface area contributed by atoms with Crippen molar-refractivity contribution in [2.45, 2.75) is 26.2 Å². The fourth-order valence-electron chi connectivity index (χ4n) is 4.15. The van der Waals surface area contributed by atoms with Gasteiger partial charge in [-0.2, -0.15) is 0 Å². The number of piperazine rings is 1. The number of hydrogen-bond acceptors (Lipinski definition) is 3. The van der Waals surface area contributed by atoms with Gasteiger partial charge in [-0.25, -0.2) is 8.78 Å². The molecule has 0 N–H and O–H groups in total. The number of nitrogens with zero attached hydrogens (tertiary/aromatic N) is 3. The van der Waals surface area contributed by atoms with Crippen LogP contribution in [0.25, 0.3) is 0 Å². The maximum absolute atomic E-state index is 14.2. The van der Waals surface area contributed by atoms with Gasteiger partial charge in [0.1, 0.15) is 10.8 Å². The van der Waals surface area contributed by atoms with Crippen LogP contribution in [0.15, 0.2) is 24.3 Å². The van der Waals surface area contributed by atoms with Crippen molar-refractivity contribution in [3.05, 3.63) is 40.9 Å². The number of hydrogen-bond donors (Lipinski definition) is 0. The molecule has 0 radical (unpaired) electrons. The van der Waals surface area contributed by atoms with Crippen molar-refractivity contribution in [1.82, 2.24) is 9.80 Å². The van der Waals surface area contributed by atoms with E-state index in [0.717, 1.165) is 45.2 Å². The molecule has 2 aliphatic heterocycles. The molecule has 27 heavy (non-hydrogen) atoms. The molecule has 1 aromatic carbocycles. The molecule has 2 heterocycles. The normalized spacial score (nSPS) is 20.2. The van der Waals surface area contributed by atoms with Gasteiger partial charge >= 0.3 is 0 Å². The van der Waals surface area contributed by atoms with E-state index < -0.39 is 16.7 Å². The highest BCUT2D eigenvalue weighted by molar-refractivity contribution is 6.31. The van der Waals surface area contributed by atoms with Gasteiger partial charge in [0.05, 0.1) is 5.69 Å². The quantitative estimate of drug-likeness (QED) is 0.519. The van der Waals surface area contributed by atoms with Crippen LogP contribution in [0, 0.1) is 17.6 Å². The molecule has 0 saturated carbocycles. The zero-order chi connectivity index (χ0) is 19.4. The smallest absolute Gasteiger partial charge is 0.168 e. The third-order valence-electron chi connectivity index (χ3n) is 5.78. The summed E-state index contributed by atoms with van der Waals surface area (Å²) in [5, 5.41) is -0.409. The predicted molar refractivity (Wildman–Crippen MR) is 109 cm³/mol. The monoisotopic (exact) mass is 397 g/mol. The number of anilines is 1. The Bertz CT molecular complexity index is 651. The largest absolute Gasteiger partial charge is 0.367 e. The lowest BCUT2D eigenvalue weighted by Gasteiger charge is -2.38. The minimum absolute atomic E-state index is 0.408. The molecule has 0 spiro atoms. The minimum Gasteiger partial charge on any atom is -0.367 e. The molecule has 0 bridgehead atoms. The first-order chi connectivity index (χ1) is 12.9. The molecule has 150 valence electrons. The topological polar surface area (TPSA) is 9.72 Å². The third-order valence-corrected chi connectivity index (χ3v) is 6.13. The fraction of sp³-hybridized carbons (Fsp3) is 0.619. The van der Waals surface area contributed by atoms with Crippen molar-refractivity contribution in [3.8, 4) is 0 Å². The summed E-state index contributed by atoms with van der Waals surface area (Å²) in [7, 11) is 0. The number of likely N-dealkylation sites (tertiary alicyclic amines) is 1. The van der Waals surface area contributed by atoms with E-state index in [-0.39, 0.29) is 0 Å². The molecule has 0 aromatic heterocycles. The van der Waals surface area contributed by atoms with Gasteiger partial charge in [0.25, 0.3) is 0 Å². The number of piperidine rings is 1. The van der Waals surface area contributed by atoms with Crippen LogP contribution in [0.1, 0.15) is 26.2 Å². The van der Waals surface area contributed by atoms with Crippen molar-refractivity contribution < 1.29 is 8.78 Å². The SMILES string of the molecule is C=C(C)CN1CCC(CCN2CCN(c3ccc(F)c(Cl)c3F)CC2)CC1. The maximum Gasteiger partial charge on any atom is 0.168 e. The lowest BCUT2D eigenvalue weighted by molar-refractivity contribution is 0.169. The molecule has 3 nitrogen and oxygen atoms in total. The molecule has 3 rings (SSSR count). The molecule has 0 amide bonds. The van der Waals surface area contributed by atoms with Gasteiger partial charge in [0.15, 0.2) is 5.82 Å². The number of benzene rings is 1. The van der Waals surface area contributed by atoms with Gasteiger partial charge < -0.3 is 4.90 Å². The maximum atomic E-state index is 14.2. The second-order valence-electron chi connectivity index (χ2n) is 7.99. The summed E-state index contributed by atoms with van der Waals surface area (Å²) in [4.78, 5) is 6.92. The molecule has 1 aromatic rings. The molecule has 0 aliphatic carbocycles. The first-order valence-corrected chi connectivity index (χ1v) is 10.3. The highest BCUT2D eigenvalue weighted by atomic mass is 35.5. The molecule has 0 unspecified atom stereocenters. The summed E-state index contributed by atoms with van der Waals surface area (Å²) < 4.78 is 27.6. The molecule has 2 fully saturated rings. The fourth-order valence-corrected chi connectivity index (χ4v) is 4.31. The summed E-state index contributed by atoms with van der Waals surface area (Å²) in [5.74, 6) is -0.546. The Kier molecular flexibility index (Phi) is 7.12. The summed E-state index contributed by atoms with van der Waals surface area (Å²) in [6, 6.07) is 2.73. The molecule has 0 atom stereocenters. The van der Waals surface area contributed by atoms with Gasteiger partial charge in [-0.15, -0.1) is 0 Å². The average Bonchev–Trinajstić information content (AvgIpc) is 2.66. The van der Waals surface area contributed by atoms with Crippen LogP contribution in [0.2, 0.25) is 5.02 Å². The van der Waals surface area contributed by atoms with Crippen molar-refractivity contribution in [2.24, 2.45) is 5.92 Å². The van der Waals surface area contributed by atoms with E-state index in [9.17, 15) is 8.78 Å². The van der Waals surface area contributed by atoms with Crippen LogP contribution in [0.3, 0.4) is 0 Å². The van der Waals surface area contributed by atoms with E-state index in [0.29, 0.717) is 5.69 Å². The van der Waals surface area contributed by atoms with E-state index in [4.69, 9.17) is 11.6 Å². The Morgan fingerprint density at radius 3 is 2.37 bits per heavy atom. The summed E-state index contributed by atoms with van der Waals surface area (Å²) in [6.45, 7) is 13.9. The number of halogens is 3. The van der Waals surface area contributed by atoms with Gasteiger partial charge in [-0.1, -0.05) is 23.8 Å². The van der Waals surface area contributed by atoms with Crippen LogP contribution in [-0.4, -0.2) is 62.2 Å². The van der Waals surface area contributed by atoms with Gasteiger partial charge in [0.2, 0.25) is 0 Å². The van der Waals surface area contributed by atoms with Crippen molar-refractivity contribution in [2.75, 3.05) is 57.3 Å². The number of rotatable bonds is 6. The highest BCUT2D eigenvalue weighted by Crippen LogP contribution is 2.29. The minimum atomic E-state index is -0.703. The van der Waals surface area contributed by atoms with Crippen LogP contribution in [-0.2, 0) is 0 Å². The first kappa shape index (κ1) is 20.6. The van der Waals surface area contributed by atoms with Crippen molar-refractivity contribution in [1.29, 1.82) is 0 Å². The Morgan fingerprint density at radius 1 is 1.07 bits per heavy atom. The Morgan fingerprint density at radius 2 is 1.74 bits per heavy atom. The molecular formula is C21H30ClF2N3. The zero-order valence-electron chi connectivity index (χ0n) is 16.2. The first-order valence-electron chi connectivity index (χ1n) is 9.91. The zero-order valence-corrected chi connectivity index (χ0v) is 16.9. The second kappa shape index (κ2) is 9.35. The third kappa shape index (κ3) is 5.43. The van der Waals surface area contributed by atoms with Crippen molar-refractivity contribution >= 4 is 17.3 Å². The average molecular weight is 398 g/mol. The highest BCUT2D eigenvalue weighted by Gasteiger charge is 2.24. The summed E-state index contributed by atoms with van der Waals surface area (Å²) >= 11 is 5.71. The molecule has 2 saturated heterocycles. The molecule has 2 aliphatic rings. The Labute approximate surface area is 166 Å². The van der Waals surface area contributed by atoms with Gasteiger partial charge in [0, 0.05) is 32.7 Å². The van der Waals surface area contributed by atoms with Crippen LogP contribution >= 0.6 is 11.6 Å². The van der Waals surface area contributed by atoms with Crippen LogP contribution < -0.4 is 4.90 Å². The second-order valence-corrected chi connectivity index (χ2v) is 8.37. The van der Waals surface area contributed by atoms with Gasteiger partial charge in [-0.05, 0) is 63.9 Å². The molecule has 6 heteroatoms. The Hall–Kier alpha value is -1.17.